The standard InChI is InChI=1S/C29H21N3O3S/c1-17-13-24-26(14-18(17)2)36-29(31-24)32(16-20-8-5-6-12-30-20)27(33)23-15-22-21-9-4-3-7-19(21)10-11-25(22)35-28(23)34/h3-15H,16H2,1-2H3. The van der Waals surface area contributed by atoms with Crippen LogP contribution in [0.15, 0.2) is 88.2 Å². The number of carbonyl (C=O) groups is 1. The number of pyridine rings is 1. The lowest BCUT2D eigenvalue weighted by Gasteiger charge is -2.19. The van der Waals surface area contributed by atoms with E-state index < -0.39 is 11.5 Å². The molecule has 0 bridgehead atoms. The molecule has 36 heavy (non-hydrogen) atoms. The molecule has 1 amide bonds. The van der Waals surface area contributed by atoms with Crippen LogP contribution in [0.25, 0.3) is 32.0 Å². The Bertz CT molecular complexity index is 1800. The SMILES string of the molecule is Cc1cc2nc(N(Cc3ccccn3)C(=O)c3cc4c(ccc5ccccc54)oc3=O)sc2cc1C. The van der Waals surface area contributed by atoms with Gasteiger partial charge in [0.1, 0.15) is 11.1 Å². The van der Waals surface area contributed by atoms with Crippen molar-refractivity contribution in [3.63, 3.8) is 0 Å². The number of carbonyl (C=O) groups excluding carboxylic acids is 1. The zero-order valence-corrected chi connectivity index (χ0v) is 20.5. The first kappa shape index (κ1) is 22.1. The van der Waals surface area contributed by atoms with E-state index in [9.17, 15) is 9.59 Å². The molecule has 0 fully saturated rings. The lowest BCUT2D eigenvalue weighted by atomic mass is 10.0. The summed E-state index contributed by atoms with van der Waals surface area (Å²) in [6, 6.07) is 22.7. The monoisotopic (exact) mass is 491 g/mol. The van der Waals surface area contributed by atoms with Crippen LogP contribution in [0.1, 0.15) is 27.2 Å². The summed E-state index contributed by atoms with van der Waals surface area (Å²) in [4.78, 5) is 37.7. The first-order chi connectivity index (χ1) is 17.5. The van der Waals surface area contributed by atoms with E-state index in [1.54, 1.807) is 18.3 Å². The third-order valence-corrected chi connectivity index (χ3v) is 7.43. The van der Waals surface area contributed by atoms with Crippen LogP contribution in [0.4, 0.5) is 5.13 Å². The molecule has 0 unspecified atom stereocenters. The first-order valence-electron chi connectivity index (χ1n) is 11.5. The second-order valence-electron chi connectivity index (χ2n) is 8.76. The molecule has 0 N–H and O–H groups in total. The summed E-state index contributed by atoms with van der Waals surface area (Å²) in [5.41, 5.74) is 3.51. The minimum atomic E-state index is -0.679. The summed E-state index contributed by atoms with van der Waals surface area (Å²) in [6.07, 6.45) is 1.68. The van der Waals surface area contributed by atoms with Crippen molar-refractivity contribution in [1.82, 2.24) is 9.97 Å². The normalized spacial score (nSPS) is 11.4. The van der Waals surface area contributed by atoms with Crippen molar-refractivity contribution >= 4 is 54.3 Å². The smallest absolute Gasteiger partial charge is 0.349 e. The molecule has 0 radical (unpaired) electrons. The van der Waals surface area contributed by atoms with Gasteiger partial charge in [0.05, 0.1) is 22.5 Å². The molecule has 0 aliphatic heterocycles. The van der Waals surface area contributed by atoms with Crippen molar-refractivity contribution in [1.29, 1.82) is 0 Å². The molecule has 3 aromatic carbocycles. The lowest BCUT2D eigenvalue weighted by Crippen LogP contribution is -2.34. The highest BCUT2D eigenvalue weighted by atomic mass is 32.1. The van der Waals surface area contributed by atoms with Gasteiger partial charge in [-0.1, -0.05) is 47.7 Å². The largest absolute Gasteiger partial charge is 0.422 e. The summed E-state index contributed by atoms with van der Waals surface area (Å²) < 4.78 is 6.59. The minimum absolute atomic E-state index is 0.0404. The molecule has 3 aromatic heterocycles. The molecule has 0 atom stereocenters. The predicted octanol–water partition coefficient (Wildman–Crippen LogP) is 6.41. The molecular formula is C29H21N3O3S. The maximum atomic E-state index is 14.0. The number of rotatable bonds is 4. The number of aryl methyl sites for hydroxylation is 2. The summed E-state index contributed by atoms with van der Waals surface area (Å²) in [5.74, 6) is -0.475. The van der Waals surface area contributed by atoms with E-state index in [1.807, 2.05) is 61.5 Å². The van der Waals surface area contributed by atoms with Gasteiger partial charge in [0.2, 0.25) is 0 Å². The average Bonchev–Trinajstić information content (AvgIpc) is 3.29. The molecule has 0 saturated heterocycles. The molecule has 0 spiro atoms. The molecule has 7 heteroatoms. The highest BCUT2D eigenvalue weighted by Gasteiger charge is 2.26. The summed E-state index contributed by atoms with van der Waals surface area (Å²) in [7, 11) is 0. The second kappa shape index (κ2) is 8.70. The van der Waals surface area contributed by atoms with Crippen LogP contribution in [0.5, 0.6) is 0 Å². The third kappa shape index (κ3) is 3.83. The van der Waals surface area contributed by atoms with Crippen molar-refractivity contribution in [3.05, 3.63) is 112 Å². The van der Waals surface area contributed by atoms with Crippen LogP contribution in [0.2, 0.25) is 0 Å². The zero-order valence-electron chi connectivity index (χ0n) is 19.7. The fourth-order valence-electron chi connectivity index (χ4n) is 4.33. The number of hydrogen-bond acceptors (Lipinski definition) is 6. The van der Waals surface area contributed by atoms with E-state index in [1.165, 1.54) is 16.2 Å². The Morgan fingerprint density at radius 3 is 2.58 bits per heavy atom. The van der Waals surface area contributed by atoms with E-state index in [4.69, 9.17) is 9.40 Å². The number of fused-ring (bicyclic) bond motifs is 4. The fourth-order valence-corrected chi connectivity index (χ4v) is 5.37. The van der Waals surface area contributed by atoms with Gasteiger partial charge in [-0.3, -0.25) is 14.7 Å². The number of amides is 1. The van der Waals surface area contributed by atoms with Gasteiger partial charge < -0.3 is 4.42 Å². The van der Waals surface area contributed by atoms with E-state index >= 15 is 0 Å². The fraction of sp³-hybridized carbons (Fsp3) is 0.103. The van der Waals surface area contributed by atoms with Crippen LogP contribution in [-0.2, 0) is 6.54 Å². The Balaban J connectivity index is 1.52. The maximum Gasteiger partial charge on any atom is 0.349 e. The molecule has 3 heterocycles. The molecule has 6 nitrogen and oxygen atoms in total. The topological polar surface area (TPSA) is 76.3 Å². The molecule has 176 valence electrons. The Hall–Kier alpha value is -4.36. The predicted molar refractivity (Wildman–Crippen MR) is 144 cm³/mol. The van der Waals surface area contributed by atoms with Crippen molar-refractivity contribution in [3.8, 4) is 0 Å². The highest BCUT2D eigenvalue weighted by molar-refractivity contribution is 7.22. The van der Waals surface area contributed by atoms with Crippen LogP contribution in [0.3, 0.4) is 0 Å². The lowest BCUT2D eigenvalue weighted by molar-refractivity contribution is 0.0981. The molecule has 0 aliphatic rings. The number of hydrogen-bond donors (Lipinski definition) is 0. The molecule has 6 aromatic rings. The number of benzene rings is 3. The van der Waals surface area contributed by atoms with Crippen molar-refractivity contribution in [2.75, 3.05) is 4.90 Å². The van der Waals surface area contributed by atoms with E-state index in [0.29, 0.717) is 21.8 Å². The Morgan fingerprint density at radius 1 is 0.944 bits per heavy atom. The zero-order chi connectivity index (χ0) is 24.8. The summed E-state index contributed by atoms with van der Waals surface area (Å²) in [5, 5.41) is 3.13. The third-order valence-electron chi connectivity index (χ3n) is 6.39. The molecule has 0 saturated carbocycles. The number of aromatic nitrogens is 2. The molecular weight excluding hydrogens is 470 g/mol. The van der Waals surface area contributed by atoms with Gasteiger partial charge >= 0.3 is 5.63 Å². The van der Waals surface area contributed by atoms with E-state index in [-0.39, 0.29) is 12.1 Å². The van der Waals surface area contributed by atoms with Crippen LogP contribution in [0, 0.1) is 13.8 Å². The quantitative estimate of drug-likeness (QED) is 0.210. The van der Waals surface area contributed by atoms with E-state index in [2.05, 4.69) is 18.0 Å². The first-order valence-corrected chi connectivity index (χ1v) is 12.3. The summed E-state index contributed by atoms with van der Waals surface area (Å²) >= 11 is 1.42. The van der Waals surface area contributed by atoms with Gasteiger partial charge in [0.25, 0.3) is 5.91 Å². The molecule has 0 aliphatic carbocycles. The van der Waals surface area contributed by atoms with Gasteiger partial charge in [0, 0.05) is 11.6 Å². The second-order valence-corrected chi connectivity index (χ2v) is 9.77. The number of nitrogens with zero attached hydrogens (tertiary/aromatic N) is 3. The van der Waals surface area contributed by atoms with Gasteiger partial charge in [0.15, 0.2) is 5.13 Å². The van der Waals surface area contributed by atoms with Crippen LogP contribution < -0.4 is 10.5 Å². The van der Waals surface area contributed by atoms with Crippen LogP contribution >= 0.6 is 11.3 Å². The maximum absolute atomic E-state index is 14.0. The number of thiazole rings is 1. The van der Waals surface area contributed by atoms with Crippen molar-refractivity contribution in [2.45, 2.75) is 20.4 Å². The van der Waals surface area contributed by atoms with Crippen LogP contribution in [-0.4, -0.2) is 15.9 Å². The minimum Gasteiger partial charge on any atom is -0.422 e. The highest BCUT2D eigenvalue weighted by Crippen LogP contribution is 2.33. The Kier molecular flexibility index (Phi) is 5.34. The Morgan fingerprint density at radius 2 is 1.75 bits per heavy atom. The van der Waals surface area contributed by atoms with Crippen molar-refractivity contribution < 1.29 is 9.21 Å². The average molecular weight is 492 g/mol. The molecule has 6 rings (SSSR count). The number of anilines is 1. The van der Waals surface area contributed by atoms with Gasteiger partial charge in [-0.05, 0) is 72.1 Å². The van der Waals surface area contributed by atoms with Gasteiger partial charge in [-0.2, -0.15) is 0 Å². The van der Waals surface area contributed by atoms with Crippen molar-refractivity contribution in [2.24, 2.45) is 0 Å². The van der Waals surface area contributed by atoms with E-state index in [0.717, 1.165) is 32.1 Å². The Labute approximate surface area is 210 Å². The van der Waals surface area contributed by atoms with Gasteiger partial charge in [-0.15, -0.1) is 0 Å². The van der Waals surface area contributed by atoms with Gasteiger partial charge in [-0.25, -0.2) is 9.78 Å². The summed E-state index contributed by atoms with van der Waals surface area (Å²) in [6.45, 7) is 4.26.